The molecular weight excluding hydrogens is 378 g/mol. The Kier molecular flexibility index (Phi) is 5.63. The Morgan fingerprint density at radius 3 is 2.63 bits per heavy atom. The SMILES string of the molecule is C[C@H](NC(=O)[C@H](C)N1CCN(Cc2ccc3c(c2)OCO3)CC1)[C@H]1C[C@@H]2CC[C@H]1C2. The first-order valence-corrected chi connectivity index (χ1v) is 11.7. The van der Waals surface area contributed by atoms with Crippen molar-refractivity contribution in [1.82, 2.24) is 15.1 Å². The summed E-state index contributed by atoms with van der Waals surface area (Å²) < 4.78 is 10.9. The number of fused-ring (bicyclic) bond motifs is 3. The maximum atomic E-state index is 12.9. The first-order valence-electron chi connectivity index (χ1n) is 11.7. The summed E-state index contributed by atoms with van der Waals surface area (Å²) >= 11 is 0. The van der Waals surface area contributed by atoms with Gasteiger partial charge in [-0.3, -0.25) is 14.6 Å². The van der Waals surface area contributed by atoms with Crippen LogP contribution in [-0.2, 0) is 11.3 Å². The van der Waals surface area contributed by atoms with Gasteiger partial charge in [-0.2, -0.15) is 0 Å². The molecule has 3 fully saturated rings. The first kappa shape index (κ1) is 20.1. The summed E-state index contributed by atoms with van der Waals surface area (Å²) in [4.78, 5) is 17.7. The molecule has 2 bridgehead atoms. The van der Waals surface area contributed by atoms with E-state index in [0.717, 1.165) is 56.1 Å². The van der Waals surface area contributed by atoms with Crippen molar-refractivity contribution >= 4 is 5.91 Å². The van der Waals surface area contributed by atoms with Gasteiger partial charge in [0.25, 0.3) is 0 Å². The molecule has 1 aromatic rings. The largest absolute Gasteiger partial charge is 0.454 e. The summed E-state index contributed by atoms with van der Waals surface area (Å²) in [5.41, 5.74) is 1.25. The van der Waals surface area contributed by atoms with E-state index >= 15 is 0 Å². The molecule has 6 heteroatoms. The van der Waals surface area contributed by atoms with Gasteiger partial charge in [0.2, 0.25) is 12.7 Å². The highest BCUT2D eigenvalue weighted by atomic mass is 16.7. The van der Waals surface area contributed by atoms with Gasteiger partial charge in [0, 0.05) is 38.8 Å². The van der Waals surface area contributed by atoms with Crippen LogP contribution in [0.4, 0.5) is 0 Å². The van der Waals surface area contributed by atoms with E-state index in [2.05, 4.69) is 41.1 Å². The zero-order chi connectivity index (χ0) is 20.7. The Hall–Kier alpha value is -1.79. The lowest BCUT2D eigenvalue weighted by atomic mass is 9.84. The molecule has 2 heterocycles. The van der Waals surface area contributed by atoms with Crippen molar-refractivity contribution in [3.05, 3.63) is 23.8 Å². The summed E-state index contributed by atoms with van der Waals surface area (Å²) in [5.74, 6) is 4.35. The zero-order valence-electron chi connectivity index (χ0n) is 18.3. The van der Waals surface area contributed by atoms with Gasteiger partial charge >= 0.3 is 0 Å². The van der Waals surface area contributed by atoms with E-state index in [1.165, 1.54) is 31.2 Å². The molecule has 4 aliphatic rings. The standard InChI is InChI=1S/C24H35N3O3/c1-16(21-12-18-3-5-20(21)11-18)25-24(28)17(2)27-9-7-26(8-10-27)14-19-4-6-22-23(13-19)30-15-29-22/h4,6,13,16-18,20-21H,3,5,7-12,14-15H2,1-2H3,(H,25,28)/t16-,17-,18+,20-,21+/m0/s1. The third-order valence-electron chi connectivity index (χ3n) is 7.98. The van der Waals surface area contributed by atoms with Crippen molar-refractivity contribution < 1.29 is 14.3 Å². The lowest BCUT2D eigenvalue weighted by Gasteiger charge is -2.38. The van der Waals surface area contributed by atoms with Gasteiger partial charge in [-0.05, 0) is 68.6 Å². The fourth-order valence-corrected chi connectivity index (χ4v) is 6.13. The molecule has 5 atom stereocenters. The second-order valence-electron chi connectivity index (χ2n) is 9.81. The monoisotopic (exact) mass is 413 g/mol. The second kappa shape index (κ2) is 8.39. The number of ether oxygens (including phenoxy) is 2. The van der Waals surface area contributed by atoms with Crippen molar-refractivity contribution in [2.45, 2.75) is 58.2 Å². The van der Waals surface area contributed by atoms with Gasteiger partial charge in [-0.25, -0.2) is 0 Å². The van der Waals surface area contributed by atoms with E-state index in [0.29, 0.717) is 18.8 Å². The molecular formula is C24H35N3O3. The normalized spacial score (nSPS) is 30.4. The predicted molar refractivity (Wildman–Crippen MR) is 115 cm³/mol. The van der Waals surface area contributed by atoms with Gasteiger partial charge < -0.3 is 14.8 Å². The van der Waals surface area contributed by atoms with E-state index in [1.54, 1.807) is 0 Å². The maximum absolute atomic E-state index is 12.9. The number of amides is 1. The third-order valence-corrected chi connectivity index (χ3v) is 7.98. The maximum Gasteiger partial charge on any atom is 0.237 e. The molecule has 0 radical (unpaired) electrons. The lowest BCUT2D eigenvalue weighted by molar-refractivity contribution is -0.127. The molecule has 0 spiro atoms. The molecule has 1 amide bonds. The van der Waals surface area contributed by atoms with E-state index in [9.17, 15) is 4.79 Å². The smallest absolute Gasteiger partial charge is 0.237 e. The first-order chi connectivity index (χ1) is 14.6. The number of nitrogens with one attached hydrogen (secondary N) is 1. The van der Waals surface area contributed by atoms with Crippen LogP contribution in [0, 0.1) is 17.8 Å². The second-order valence-corrected chi connectivity index (χ2v) is 9.81. The summed E-state index contributed by atoms with van der Waals surface area (Å²) in [5, 5.41) is 3.36. The predicted octanol–water partition coefficient (Wildman–Crippen LogP) is 2.86. The summed E-state index contributed by atoms with van der Waals surface area (Å²) in [6.45, 7) is 9.34. The van der Waals surface area contributed by atoms with Gasteiger partial charge in [0.15, 0.2) is 11.5 Å². The quantitative estimate of drug-likeness (QED) is 0.777. The molecule has 30 heavy (non-hydrogen) atoms. The van der Waals surface area contributed by atoms with Crippen LogP contribution < -0.4 is 14.8 Å². The molecule has 164 valence electrons. The van der Waals surface area contributed by atoms with Gasteiger partial charge in [-0.15, -0.1) is 0 Å². The number of piperazine rings is 1. The van der Waals surface area contributed by atoms with Crippen LogP contribution in [-0.4, -0.2) is 60.8 Å². The van der Waals surface area contributed by atoms with Gasteiger partial charge in [0.1, 0.15) is 0 Å². The van der Waals surface area contributed by atoms with E-state index < -0.39 is 0 Å². The Morgan fingerprint density at radius 1 is 1.10 bits per heavy atom. The van der Waals surface area contributed by atoms with E-state index in [1.807, 2.05) is 6.07 Å². The van der Waals surface area contributed by atoms with Crippen LogP contribution in [0.25, 0.3) is 0 Å². The average molecular weight is 414 g/mol. The highest BCUT2D eigenvalue weighted by Crippen LogP contribution is 2.49. The summed E-state index contributed by atoms with van der Waals surface area (Å²) in [6.07, 6.45) is 5.50. The number of nitrogens with zero attached hydrogens (tertiary/aromatic N) is 2. The number of hydrogen-bond donors (Lipinski definition) is 1. The minimum absolute atomic E-state index is 0.0567. The molecule has 2 saturated carbocycles. The number of rotatable bonds is 6. The number of carbonyl (C=O) groups is 1. The van der Waals surface area contributed by atoms with Crippen LogP contribution in [0.5, 0.6) is 11.5 Å². The number of carbonyl (C=O) groups excluding carboxylic acids is 1. The van der Waals surface area contributed by atoms with Gasteiger partial charge in [-0.1, -0.05) is 12.5 Å². The molecule has 5 rings (SSSR count). The fourth-order valence-electron chi connectivity index (χ4n) is 6.13. The summed E-state index contributed by atoms with van der Waals surface area (Å²) in [7, 11) is 0. The molecule has 0 aromatic heterocycles. The Balaban J connectivity index is 1.08. The topological polar surface area (TPSA) is 54.0 Å². The van der Waals surface area contributed by atoms with Crippen LogP contribution >= 0.6 is 0 Å². The van der Waals surface area contributed by atoms with Crippen molar-refractivity contribution in [2.24, 2.45) is 17.8 Å². The van der Waals surface area contributed by atoms with E-state index in [4.69, 9.17) is 9.47 Å². The van der Waals surface area contributed by atoms with Crippen molar-refractivity contribution in [3.8, 4) is 11.5 Å². The van der Waals surface area contributed by atoms with Crippen LogP contribution in [0.1, 0.15) is 45.1 Å². The Bertz CT molecular complexity index is 777. The Labute approximate surface area is 179 Å². The van der Waals surface area contributed by atoms with Crippen molar-refractivity contribution in [2.75, 3.05) is 33.0 Å². The van der Waals surface area contributed by atoms with Crippen LogP contribution in [0.2, 0.25) is 0 Å². The van der Waals surface area contributed by atoms with E-state index in [-0.39, 0.29) is 11.9 Å². The molecule has 1 aromatic carbocycles. The fraction of sp³-hybridized carbons (Fsp3) is 0.708. The molecule has 2 aliphatic carbocycles. The molecule has 2 aliphatic heterocycles. The lowest BCUT2D eigenvalue weighted by Crippen LogP contribution is -2.55. The molecule has 0 unspecified atom stereocenters. The zero-order valence-corrected chi connectivity index (χ0v) is 18.3. The average Bonchev–Trinajstić information content (AvgIpc) is 3.50. The van der Waals surface area contributed by atoms with Crippen LogP contribution in [0.3, 0.4) is 0 Å². The number of hydrogen-bond acceptors (Lipinski definition) is 5. The van der Waals surface area contributed by atoms with Crippen LogP contribution in [0.15, 0.2) is 18.2 Å². The molecule has 1 N–H and O–H groups in total. The summed E-state index contributed by atoms with van der Waals surface area (Å²) in [6, 6.07) is 6.45. The number of benzene rings is 1. The Morgan fingerprint density at radius 2 is 1.90 bits per heavy atom. The highest BCUT2D eigenvalue weighted by Gasteiger charge is 2.42. The van der Waals surface area contributed by atoms with Crippen molar-refractivity contribution in [3.63, 3.8) is 0 Å². The highest BCUT2D eigenvalue weighted by molar-refractivity contribution is 5.81. The third kappa shape index (κ3) is 4.04. The molecule has 6 nitrogen and oxygen atoms in total. The minimum Gasteiger partial charge on any atom is -0.454 e. The molecule has 1 saturated heterocycles. The van der Waals surface area contributed by atoms with Crippen molar-refractivity contribution in [1.29, 1.82) is 0 Å². The van der Waals surface area contributed by atoms with Gasteiger partial charge in [0.05, 0.1) is 6.04 Å². The minimum atomic E-state index is -0.0567.